The maximum absolute atomic E-state index is 12.6. The van der Waals surface area contributed by atoms with Gasteiger partial charge in [0.05, 0.1) is 5.92 Å². The summed E-state index contributed by atoms with van der Waals surface area (Å²) < 4.78 is 5.22. The maximum atomic E-state index is 12.6. The van der Waals surface area contributed by atoms with E-state index in [-0.39, 0.29) is 12.5 Å². The molecule has 1 aliphatic heterocycles. The van der Waals surface area contributed by atoms with Gasteiger partial charge in [-0.3, -0.25) is 9.59 Å². The van der Waals surface area contributed by atoms with Crippen molar-refractivity contribution in [2.45, 2.75) is 50.5 Å². The van der Waals surface area contributed by atoms with E-state index in [0.29, 0.717) is 37.6 Å². The van der Waals surface area contributed by atoms with Crippen molar-refractivity contribution < 1.29 is 19.2 Å². The van der Waals surface area contributed by atoms with Crippen molar-refractivity contribution in [3.05, 3.63) is 47.1 Å². The van der Waals surface area contributed by atoms with Crippen LogP contribution in [0.25, 0.3) is 0 Å². The number of nitrogens with zero attached hydrogens (tertiary/aromatic N) is 3. The summed E-state index contributed by atoms with van der Waals surface area (Å²) in [6.45, 7) is 0.683. The van der Waals surface area contributed by atoms with Crippen LogP contribution in [0.2, 0.25) is 0 Å². The monoisotopic (exact) mass is 355 g/mol. The van der Waals surface area contributed by atoms with Crippen LogP contribution < -0.4 is 0 Å². The molecular formula is C19H21N3O4. The Morgan fingerprint density at radius 3 is 2.85 bits per heavy atom. The van der Waals surface area contributed by atoms with Gasteiger partial charge in [-0.05, 0) is 30.4 Å². The van der Waals surface area contributed by atoms with E-state index in [1.54, 1.807) is 4.90 Å². The van der Waals surface area contributed by atoms with Crippen molar-refractivity contribution in [1.82, 2.24) is 15.0 Å². The van der Waals surface area contributed by atoms with E-state index >= 15 is 0 Å². The number of carboxylic acids is 1. The van der Waals surface area contributed by atoms with Gasteiger partial charge in [0.2, 0.25) is 11.8 Å². The Morgan fingerprint density at radius 1 is 1.27 bits per heavy atom. The first-order chi connectivity index (χ1) is 12.6. The second-order valence-electron chi connectivity index (χ2n) is 7.04. The lowest BCUT2D eigenvalue weighted by Gasteiger charge is -2.32. The molecule has 1 aliphatic carbocycles. The van der Waals surface area contributed by atoms with Crippen molar-refractivity contribution in [2.24, 2.45) is 0 Å². The molecular weight excluding hydrogens is 334 g/mol. The number of aliphatic carboxylic acids is 1. The molecule has 0 saturated heterocycles. The van der Waals surface area contributed by atoms with E-state index in [1.807, 2.05) is 24.3 Å². The third-order valence-corrected chi connectivity index (χ3v) is 5.05. The Hall–Kier alpha value is -2.70. The first kappa shape index (κ1) is 16.8. The molecule has 2 aromatic rings. The molecule has 1 aromatic carbocycles. The fraction of sp³-hybridized carbons (Fsp3) is 0.474. The molecule has 1 aromatic heterocycles. The number of carboxylic acid groups (broad SMARTS) is 1. The van der Waals surface area contributed by atoms with Crippen LogP contribution in [0.1, 0.15) is 60.4 Å². The molecule has 7 heteroatoms. The molecule has 136 valence electrons. The molecule has 0 bridgehead atoms. The van der Waals surface area contributed by atoms with Crippen LogP contribution in [-0.2, 0) is 22.6 Å². The van der Waals surface area contributed by atoms with Gasteiger partial charge in [0.25, 0.3) is 0 Å². The molecule has 1 amide bonds. The molecule has 0 radical (unpaired) electrons. The minimum absolute atomic E-state index is 0.0346. The van der Waals surface area contributed by atoms with Crippen molar-refractivity contribution >= 4 is 11.9 Å². The van der Waals surface area contributed by atoms with Crippen molar-refractivity contribution in [3.8, 4) is 0 Å². The highest BCUT2D eigenvalue weighted by molar-refractivity contribution is 5.81. The summed E-state index contributed by atoms with van der Waals surface area (Å²) in [6.07, 6.45) is 3.77. The molecule has 2 aliphatic rings. The highest BCUT2D eigenvalue weighted by atomic mass is 16.5. The Kier molecular flexibility index (Phi) is 4.44. The second-order valence-corrected chi connectivity index (χ2v) is 7.04. The molecule has 1 fully saturated rings. The third kappa shape index (κ3) is 3.47. The summed E-state index contributed by atoms with van der Waals surface area (Å²) in [7, 11) is 0. The number of carbonyl (C=O) groups is 2. The number of aromatic nitrogens is 2. The second kappa shape index (κ2) is 6.90. The molecule has 1 atom stereocenters. The van der Waals surface area contributed by atoms with E-state index < -0.39 is 11.9 Å². The average molecular weight is 355 g/mol. The highest BCUT2D eigenvalue weighted by Crippen LogP contribution is 2.38. The largest absolute Gasteiger partial charge is 0.481 e. The number of fused-ring (bicyclic) bond motifs is 1. The molecule has 1 saturated carbocycles. The van der Waals surface area contributed by atoms with Crippen LogP contribution in [0.4, 0.5) is 0 Å². The number of hydrogen-bond donors (Lipinski definition) is 1. The van der Waals surface area contributed by atoms with Crippen LogP contribution in [0.3, 0.4) is 0 Å². The summed E-state index contributed by atoms with van der Waals surface area (Å²) in [5, 5.41) is 13.5. The standard InChI is InChI=1S/C19H21N3O4/c23-17(7-3-6-16-20-18(21-26-16)12-8-9-12)22-10-13-4-1-2-5-14(13)15(11-22)19(24)25/h1-2,4-5,12,15H,3,6-11H2,(H,24,25). The Balaban J connectivity index is 1.34. The molecule has 26 heavy (non-hydrogen) atoms. The number of benzene rings is 1. The first-order valence-electron chi connectivity index (χ1n) is 9.02. The van der Waals surface area contributed by atoms with E-state index in [4.69, 9.17) is 4.52 Å². The molecule has 4 rings (SSSR count). The Morgan fingerprint density at radius 2 is 2.08 bits per heavy atom. The van der Waals surface area contributed by atoms with Crippen LogP contribution in [0.15, 0.2) is 28.8 Å². The highest BCUT2D eigenvalue weighted by Gasteiger charge is 2.32. The van der Waals surface area contributed by atoms with Crippen molar-refractivity contribution in [1.29, 1.82) is 0 Å². The maximum Gasteiger partial charge on any atom is 0.312 e. The smallest absolute Gasteiger partial charge is 0.312 e. The first-order valence-corrected chi connectivity index (χ1v) is 9.02. The lowest BCUT2D eigenvalue weighted by atomic mass is 9.89. The lowest BCUT2D eigenvalue weighted by molar-refractivity contribution is -0.141. The van der Waals surface area contributed by atoms with E-state index in [2.05, 4.69) is 10.1 Å². The van der Waals surface area contributed by atoms with Gasteiger partial charge in [0.15, 0.2) is 5.82 Å². The number of aryl methyl sites for hydroxylation is 1. The molecule has 1 N–H and O–H groups in total. The van der Waals surface area contributed by atoms with Gasteiger partial charge >= 0.3 is 5.97 Å². The minimum Gasteiger partial charge on any atom is -0.481 e. The van der Waals surface area contributed by atoms with Gasteiger partial charge in [0, 0.05) is 31.8 Å². The SMILES string of the molecule is O=C(O)C1CN(C(=O)CCCc2nc(C3CC3)no2)Cc2ccccc21. The summed E-state index contributed by atoms with van der Waals surface area (Å²) in [5.74, 6) is 0.216. The van der Waals surface area contributed by atoms with E-state index in [1.165, 1.54) is 0 Å². The van der Waals surface area contributed by atoms with Gasteiger partial charge in [-0.2, -0.15) is 4.98 Å². The topological polar surface area (TPSA) is 96.5 Å². The zero-order valence-electron chi connectivity index (χ0n) is 14.4. The fourth-order valence-corrected chi connectivity index (χ4v) is 3.43. The van der Waals surface area contributed by atoms with Crippen LogP contribution in [0, 0.1) is 0 Å². The molecule has 0 spiro atoms. The van der Waals surface area contributed by atoms with E-state index in [9.17, 15) is 14.7 Å². The van der Waals surface area contributed by atoms with Crippen LogP contribution in [0.5, 0.6) is 0 Å². The summed E-state index contributed by atoms with van der Waals surface area (Å²) in [6, 6.07) is 7.44. The molecule has 2 heterocycles. The zero-order valence-corrected chi connectivity index (χ0v) is 14.4. The quantitative estimate of drug-likeness (QED) is 0.855. The normalized spacial score (nSPS) is 19.2. The Labute approximate surface area is 151 Å². The zero-order chi connectivity index (χ0) is 18.1. The van der Waals surface area contributed by atoms with Crippen LogP contribution in [-0.4, -0.2) is 38.6 Å². The number of amides is 1. The van der Waals surface area contributed by atoms with Gasteiger partial charge in [-0.15, -0.1) is 0 Å². The van der Waals surface area contributed by atoms with Gasteiger partial charge in [-0.25, -0.2) is 0 Å². The fourth-order valence-electron chi connectivity index (χ4n) is 3.43. The van der Waals surface area contributed by atoms with Gasteiger partial charge < -0.3 is 14.5 Å². The predicted molar refractivity (Wildman–Crippen MR) is 91.4 cm³/mol. The Bertz CT molecular complexity index is 828. The minimum atomic E-state index is -0.895. The average Bonchev–Trinajstić information content (AvgIpc) is 3.39. The predicted octanol–water partition coefficient (Wildman–Crippen LogP) is 2.48. The molecule has 1 unspecified atom stereocenters. The van der Waals surface area contributed by atoms with Crippen molar-refractivity contribution in [3.63, 3.8) is 0 Å². The number of rotatable bonds is 6. The lowest BCUT2D eigenvalue weighted by Crippen LogP contribution is -2.40. The number of carbonyl (C=O) groups excluding carboxylic acids is 1. The number of hydrogen-bond acceptors (Lipinski definition) is 5. The van der Waals surface area contributed by atoms with Crippen LogP contribution >= 0.6 is 0 Å². The van der Waals surface area contributed by atoms with Gasteiger partial charge in [0.1, 0.15) is 0 Å². The summed E-state index contributed by atoms with van der Waals surface area (Å²) in [5.41, 5.74) is 1.72. The van der Waals surface area contributed by atoms with E-state index in [0.717, 1.165) is 29.8 Å². The summed E-state index contributed by atoms with van der Waals surface area (Å²) >= 11 is 0. The van der Waals surface area contributed by atoms with Crippen molar-refractivity contribution in [2.75, 3.05) is 6.54 Å². The molecule has 7 nitrogen and oxygen atoms in total. The summed E-state index contributed by atoms with van der Waals surface area (Å²) in [4.78, 5) is 30.1. The van der Waals surface area contributed by atoms with Gasteiger partial charge in [-0.1, -0.05) is 29.4 Å². The third-order valence-electron chi connectivity index (χ3n) is 5.05.